The van der Waals surface area contributed by atoms with Gasteiger partial charge in [0.2, 0.25) is 11.8 Å². The molecule has 2 fully saturated rings. The molecule has 0 unspecified atom stereocenters. The Labute approximate surface area is 264 Å². The number of phenols is 1. The van der Waals surface area contributed by atoms with E-state index in [2.05, 4.69) is 11.9 Å². The molecule has 2 heterocycles. The number of fused-ring (bicyclic) bond motifs is 1. The van der Waals surface area contributed by atoms with Crippen molar-refractivity contribution in [3.05, 3.63) is 118 Å². The van der Waals surface area contributed by atoms with Crippen LogP contribution in [0.5, 0.6) is 5.75 Å². The fourth-order valence-corrected chi connectivity index (χ4v) is 5.89. The summed E-state index contributed by atoms with van der Waals surface area (Å²) in [5.74, 6) is -1.86. The van der Waals surface area contributed by atoms with Crippen LogP contribution >= 0.6 is 0 Å². The van der Waals surface area contributed by atoms with Gasteiger partial charge in [-0.3, -0.25) is 24.5 Å². The molecule has 238 valence electrons. The number of nitrogens with two attached hydrogens (primary N) is 1. The van der Waals surface area contributed by atoms with Crippen molar-refractivity contribution in [1.29, 1.82) is 0 Å². The van der Waals surface area contributed by atoms with E-state index in [0.29, 0.717) is 5.56 Å². The molecule has 46 heavy (non-hydrogen) atoms. The fraction of sp³-hybridized carbons (Fsp3) is 0.250. The molecule has 3 aromatic carbocycles. The zero-order valence-electron chi connectivity index (χ0n) is 24.8. The lowest BCUT2D eigenvalue weighted by molar-refractivity contribution is -0.386. The van der Waals surface area contributed by atoms with Crippen molar-refractivity contribution in [2.75, 3.05) is 19.6 Å². The minimum Gasteiger partial charge on any atom is -0.508 e. The number of para-hydroxylation sites is 1. The van der Waals surface area contributed by atoms with Gasteiger partial charge in [0.15, 0.2) is 0 Å². The second-order valence-corrected chi connectivity index (χ2v) is 10.9. The number of amides is 5. The number of urea groups is 1. The molecule has 14 nitrogen and oxygen atoms in total. The number of primary amides is 1. The molecule has 2 atom stereocenters. The highest BCUT2D eigenvalue weighted by molar-refractivity contribution is 5.97. The maximum absolute atomic E-state index is 14.2. The Morgan fingerprint density at radius 1 is 1.04 bits per heavy atom. The van der Waals surface area contributed by atoms with Gasteiger partial charge in [-0.25, -0.2) is 14.8 Å². The topological polar surface area (TPSA) is 183 Å². The van der Waals surface area contributed by atoms with Gasteiger partial charge in [0.25, 0.3) is 11.6 Å². The number of carbonyl (C=O) groups excluding carboxylic acids is 4. The molecule has 14 heteroatoms. The molecule has 2 aliphatic heterocycles. The lowest BCUT2D eigenvalue weighted by Gasteiger charge is -2.55. The van der Waals surface area contributed by atoms with Gasteiger partial charge < -0.3 is 26.0 Å². The molecule has 0 spiro atoms. The van der Waals surface area contributed by atoms with Crippen LogP contribution in [0.25, 0.3) is 0 Å². The van der Waals surface area contributed by atoms with Gasteiger partial charge in [0.1, 0.15) is 23.5 Å². The molecule has 0 bridgehead atoms. The summed E-state index contributed by atoms with van der Waals surface area (Å²) in [6.45, 7) is 3.45. The molecule has 0 aliphatic carbocycles. The van der Waals surface area contributed by atoms with Crippen LogP contribution in [0, 0.1) is 10.1 Å². The molecule has 2 saturated heterocycles. The van der Waals surface area contributed by atoms with Crippen LogP contribution in [-0.2, 0) is 29.1 Å². The molecule has 3 aromatic rings. The van der Waals surface area contributed by atoms with Gasteiger partial charge in [-0.2, -0.15) is 0 Å². The van der Waals surface area contributed by atoms with E-state index < -0.39 is 46.6 Å². The van der Waals surface area contributed by atoms with Crippen molar-refractivity contribution in [1.82, 2.24) is 25.1 Å². The number of rotatable bonds is 10. The predicted molar refractivity (Wildman–Crippen MR) is 166 cm³/mol. The van der Waals surface area contributed by atoms with Crippen LogP contribution in [0.2, 0.25) is 0 Å². The number of nitrogens with one attached hydrogen (secondary N) is 1. The Bertz CT molecular complexity index is 1660. The largest absolute Gasteiger partial charge is 0.508 e. The first-order chi connectivity index (χ1) is 22.1. The Balaban J connectivity index is 1.55. The zero-order valence-corrected chi connectivity index (χ0v) is 24.8. The van der Waals surface area contributed by atoms with Gasteiger partial charge >= 0.3 is 6.03 Å². The Hall–Kier alpha value is -5.76. The van der Waals surface area contributed by atoms with E-state index in [-0.39, 0.29) is 56.0 Å². The van der Waals surface area contributed by atoms with Crippen LogP contribution < -0.4 is 11.1 Å². The summed E-state index contributed by atoms with van der Waals surface area (Å²) in [6, 6.07) is 17.9. The van der Waals surface area contributed by atoms with Crippen molar-refractivity contribution in [3.8, 4) is 5.75 Å². The minimum absolute atomic E-state index is 0.0234. The molecule has 4 N–H and O–H groups in total. The van der Waals surface area contributed by atoms with Crippen molar-refractivity contribution < 1.29 is 29.2 Å². The lowest BCUT2D eigenvalue weighted by atomic mass is 9.97. The van der Waals surface area contributed by atoms with Crippen molar-refractivity contribution in [2.24, 2.45) is 5.73 Å². The number of benzene rings is 3. The van der Waals surface area contributed by atoms with E-state index in [9.17, 15) is 34.4 Å². The molecular weight excluding hydrogens is 594 g/mol. The average molecular weight is 628 g/mol. The number of hydrogen-bond donors (Lipinski definition) is 3. The molecule has 2 aliphatic rings. The van der Waals surface area contributed by atoms with Crippen LogP contribution in [0.3, 0.4) is 0 Å². The van der Waals surface area contributed by atoms with E-state index >= 15 is 0 Å². The third kappa shape index (κ3) is 6.51. The fourth-order valence-electron chi connectivity index (χ4n) is 5.89. The first-order valence-corrected chi connectivity index (χ1v) is 14.5. The number of aromatic hydroxyl groups is 1. The molecule has 0 saturated carbocycles. The van der Waals surface area contributed by atoms with Crippen LogP contribution in [-0.4, -0.2) is 85.4 Å². The quantitative estimate of drug-likeness (QED) is 0.174. The number of carbonyl (C=O) groups is 4. The molecule has 0 radical (unpaired) electrons. The summed E-state index contributed by atoms with van der Waals surface area (Å²) in [4.78, 5) is 67.9. The first kappa shape index (κ1) is 31.7. The minimum atomic E-state index is -1.09. The maximum Gasteiger partial charge on any atom is 0.334 e. The van der Waals surface area contributed by atoms with Crippen molar-refractivity contribution >= 4 is 29.4 Å². The maximum atomic E-state index is 14.2. The Morgan fingerprint density at radius 2 is 1.76 bits per heavy atom. The summed E-state index contributed by atoms with van der Waals surface area (Å²) < 4.78 is 0. The highest BCUT2D eigenvalue weighted by Gasteiger charge is 2.51. The van der Waals surface area contributed by atoms with Crippen molar-refractivity contribution in [2.45, 2.75) is 31.7 Å². The second-order valence-electron chi connectivity index (χ2n) is 10.9. The Morgan fingerprint density at radius 3 is 2.41 bits per heavy atom. The number of hydrazine groups is 1. The van der Waals surface area contributed by atoms with E-state index in [4.69, 9.17) is 5.73 Å². The summed E-state index contributed by atoms with van der Waals surface area (Å²) >= 11 is 0. The number of nitrogens with zero attached hydrogens (tertiary/aromatic N) is 5. The zero-order chi connectivity index (χ0) is 33.0. The first-order valence-electron chi connectivity index (χ1n) is 14.5. The van der Waals surface area contributed by atoms with Gasteiger partial charge in [-0.1, -0.05) is 60.7 Å². The van der Waals surface area contributed by atoms with Crippen LogP contribution in [0.4, 0.5) is 10.5 Å². The number of hydrogen-bond acceptors (Lipinski definition) is 8. The van der Waals surface area contributed by atoms with Crippen LogP contribution in [0.1, 0.15) is 27.0 Å². The smallest absolute Gasteiger partial charge is 0.334 e. The number of nitro groups is 1. The molecule has 5 amide bonds. The van der Waals surface area contributed by atoms with Gasteiger partial charge in [-0.05, 0) is 29.3 Å². The Kier molecular flexibility index (Phi) is 9.28. The summed E-state index contributed by atoms with van der Waals surface area (Å²) in [5, 5.41) is 27.7. The standard InChI is InChI=1S/C32H33N7O7/c1-2-15-36-20-28(41)37-26(16-21-11-13-24(40)14-12-21)31(43)35(18-23-9-6-10-25(30(33)42)29(23)39(45)46)19-27(37)38(36)32(44)34-17-22-7-4-3-5-8-22/h2-14,26-27,40H,1,15-20H2,(H2,33,42)(H,34,44)/t26-,27-/m0/s1. The normalized spacial score (nSPS) is 18.2. The second kappa shape index (κ2) is 13.5. The summed E-state index contributed by atoms with van der Waals surface area (Å²) in [5.41, 5.74) is 6.15. The lowest BCUT2D eigenvalue weighted by Crippen LogP contribution is -2.76. The van der Waals surface area contributed by atoms with E-state index in [1.165, 1.54) is 45.1 Å². The summed E-state index contributed by atoms with van der Waals surface area (Å²) in [7, 11) is 0. The third-order valence-corrected chi connectivity index (χ3v) is 7.96. The molecule has 0 aromatic heterocycles. The highest BCUT2D eigenvalue weighted by atomic mass is 16.6. The molecular formula is C32H33N7O7. The monoisotopic (exact) mass is 627 g/mol. The van der Waals surface area contributed by atoms with E-state index in [1.54, 1.807) is 23.2 Å². The third-order valence-electron chi connectivity index (χ3n) is 7.96. The highest BCUT2D eigenvalue weighted by Crippen LogP contribution is 2.32. The van der Waals surface area contributed by atoms with E-state index in [0.717, 1.165) is 5.56 Å². The SMILES string of the molecule is C=CCN1CC(=O)N2[C@@H](Cc3ccc(O)cc3)C(=O)N(Cc3cccc(C(N)=O)c3[N+](=O)[O-])C[C@@H]2N1C(=O)NCc1ccccc1. The van der Waals surface area contributed by atoms with E-state index in [1.807, 2.05) is 30.3 Å². The van der Waals surface area contributed by atoms with Gasteiger partial charge in [0, 0.05) is 19.5 Å². The van der Waals surface area contributed by atoms with Gasteiger partial charge in [0.05, 0.1) is 30.1 Å². The summed E-state index contributed by atoms with van der Waals surface area (Å²) in [6.07, 6.45) is 0.608. The predicted octanol–water partition coefficient (Wildman–Crippen LogP) is 2.14. The average Bonchev–Trinajstić information content (AvgIpc) is 3.03. The van der Waals surface area contributed by atoms with Crippen LogP contribution in [0.15, 0.2) is 85.5 Å². The number of nitro benzene ring substituents is 1. The van der Waals surface area contributed by atoms with Gasteiger partial charge in [-0.15, -0.1) is 6.58 Å². The molecule has 5 rings (SSSR count). The number of phenolic OH excluding ortho intramolecular Hbond substituents is 1. The van der Waals surface area contributed by atoms with Crippen molar-refractivity contribution in [3.63, 3.8) is 0 Å². The number of piperazine rings is 1.